The fourth-order valence-electron chi connectivity index (χ4n) is 3.68. The Bertz CT molecular complexity index is 602. The van der Waals surface area contributed by atoms with Gasteiger partial charge in [0.25, 0.3) is 0 Å². The van der Waals surface area contributed by atoms with E-state index in [0.29, 0.717) is 11.9 Å². The van der Waals surface area contributed by atoms with E-state index in [1.165, 1.54) is 36.8 Å². The number of amides is 1. The average Bonchev–Trinajstić information content (AvgIpc) is 2.99. The first-order chi connectivity index (χ1) is 12.7. The Morgan fingerprint density at radius 1 is 1.19 bits per heavy atom. The summed E-state index contributed by atoms with van der Waals surface area (Å²) in [6.45, 7) is 5.22. The van der Waals surface area contributed by atoms with Crippen molar-refractivity contribution in [2.75, 3.05) is 6.54 Å². The van der Waals surface area contributed by atoms with Crippen LogP contribution in [0.5, 0.6) is 0 Å². The molecule has 0 radical (unpaired) electrons. The highest BCUT2D eigenvalue weighted by Gasteiger charge is 2.28. The van der Waals surface area contributed by atoms with Crippen molar-refractivity contribution in [2.45, 2.75) is 77.7 Å². The molecule has 1 aliphatic rings. The lowest BCUT2D eigenvalue weighted by atomic mass is 10.1. The second-order valence-electron chi connectivity index (χ2n) is 7.32. The number of benzene rings is 1. The molecule has 1 amide bonds. The largest absolute Gasteiger partial charge is 0.336 e. The molecule has 0 spiro atoms. The standard InChI is InChI=1S/C24H35NO/c1-3-5-6-7-10-19-25-23(17-18-24(25)26)16-9-8-13-22-15-11-14-21(20-22)12-4-2/h4,9,11-12,14-16,20,23H,3,5-8,10,13,17-19H2,1-2H3/b12-4+,16-9+. The van der Waals surface area contributed by atoms with E-state index in [9.17, 15) is 4.79 Å². The molecule has 1 fully saturated rings. The fraction of sp³-hybridized carbons (Fsp3) is 0.542. The summed E-state index contributed by atoms with van der Waals surface area (Å²) in [6, 6.07) is 9.05. The molecular formula is C24H35NO. The molecule has 1 unspecified atom stereocenters. The van der Waals surface area contributed by atoms with E-state index in [2.05, 4.69) is 60.4 Å². The maximum Gasteiger partial charge on any atom is 0.223 e. The van der Waals surface area contributed by atoms with Crippen LogP contribution in [-0.2, 0) is 11.2 Å². The summed E-state index contributed by atoms with van der Waals surface area (Å²) in [5, 5.41) is 0. The highest BCUT2D eigenvalue weighted by atomic mass is 16.2. The number of aryl methyl sites for hydroxylation is 1. The van der Waals surface area contributed by atoms with Crippen LogP contribution in [0.15, 0.2) is 42.5 Å². The van der Waals surface area contributed by atoms with E-state index >= 15 is 0 Å². The van der Waals surface area contributed by atoms with Crippen molar-refractivity contribution >= 4 is 12.0 Å². The van der Waals surface area contributed by atoms with Crippen LogP contribution in [0.2, 0.25) is 0 Å². The van der Waals surface area contributed by atoms with Gasteiger partial charge in [-0.05, 0) is 43.7 Å². The van der Waals surface area contributed by atoms with Crippen molar-refractivity contribution in [2.24, 2.45) is 0 Å². The SMILES string of the molecule is C/C=C/c1cccc(CC/C=C/C2CCC(=O)N2CCCCCCC)c1. The summed E-state index contributed by atoms with van der Waals surface area (Å²) in [7, 11) is 0. The Hall–Kier alpha value is -1.83. The molecule has 0 bridgehead atoms. The molecule has 142 valence electrons. The third-order valence-electron chi connectivity index (χ3n) is 5.15. The van der Waals surface area contributed by atoms with Gasteiger partial charge in [-0.3, -0.25) is 4.79 Å². The smallest absolute Gasteiger partial charge is 0.223 e. The number of hydrogen-bond donors (Lipinski definition) is 0. The first-order valence-electron chi connectivity index (χ1n) is 10.4. The number of unbranched alkanes of at least 4 members (excludes halogenated alkanes) is 4. The Morgan fingerprint density at radius 2 is 2.04 bits per heavy atom. The molecule has 1 aromatic carbocycles. The van der Waals surface area contributed by atoms with Crippen LogP contribution in [0.4, 0.5) is 0 Å². The molecule has 26 heavy (non-hydrogen) atoms. The lowest BCUT2D eigenvalue weighted by Gasteiger charge is -2.22. The van der Waals surface area contributed by atoms with E-state index in [4.69, 9.17) is 0 Å². The van der Waals surface area contributed by atoms with Gasteiger partial charge in [0.2, 0.25) is 5.91 Å². The number of nitrogens with zero attached hydrogens (tertiary/aromatic N) is 1. The fourth-order valence-corrected chi connectivity index (χ4v) is 3.68. The van der Waals surface area contributed by atoms with Crippen molar-refractivity contribution < 1.29 is 4.79 Å². The van der Waals surface area contributed by atoms with Crippen LogP contribution < -0.4 is 0 Å². The van der Waals surface area contributed by atoms with E-state index in [1.54, 1.807) is 0 Å². The first kappa shape index (κ1) is 20.5. The molecule has 2 heteroatoms. The zero-order valence-corrected chi connectivity index (χ0v) is 16.6. The molecule has 1 atom stereocenters. The van der Waals surface area contributed by atoms with Crippen LogP contribution in [-0.4, -0.2) is 23.4 Å². The molecule has 0 aromatic heterocycles. The molecular weight excluding hydrogens is 318 g/mol. The predicted molar refractivity (Wildman–Crippen MR) is 112 cm³/mol. The Morgan fingerprint density at radius 3 is 2.85 bits per heavy atom. The molecule has 1 aromatic rings. The van der Waals surface area contributed by atoms with Crippen molar-refractivity contribution in [1.82, 2.24) is 4.90 Å². The second-order valence-corrected chi connectivity index (χ2v) is 7.32. The van der Waals surface area contributed by atoms with Gasteiger partial charge in [-0.1, -0.05) is 81.2 Å². The summed E-state index contributed by atoms with van der Waals surface area (Å²) in [6.07, 6.45) is 18.8. The van der Waals surface area contributed by atoms with Crippen molar-refractivity contribution in [3.05, 3.63) is 53.6 Å². The van der Waals surface area contributed by atoms with Crippen LogP contribution in [0.25, 0.3) is 6.08 Å². The molecule has 0 saturated carbocycles. The van der Waals surface area contributed by atoms with Crippen molar-refractivity contribution in [1.29, 1.82) is 0 Å². The average molecular weight is 354 g/mol. The summed E-state index contributed by atoms with van der Waals surface area (Å²) >= 11 is 0. The lowest BCUT2D eigenvalue weighted by Crippen LogP contribution is -2.32. The molecule has 1 saturated heterocycles. The van der Waals surface area contributed by atoms with Gasteiger partial charge in [0.05, 0.1) is 6.04 Å². The highest BCUT2D eigenvalue weighted by Crippen LogP contribution is 2.21. The van der Waals surface area contributed by atoms with Gasteiger partial charge in [-0.15, -0.1) is 0 Å². The molecule has 2 rings (SSSR count). The highest BCUT2D eigenvalue weighted by molar-refractivity contribution is 5.79. The number of likely N-dealkylation sites (tertiary alicyclic amines) is 1. The predicted octanol–water partition coefficient (Wildman–Crippen LogP) is 6.17. The second kappa shape index (κ2) is 11.7. The van der Waals surface area contributed by atoms with Crippen molar-refractivity contribution in [3.63, 3.8) is 0 Å². The number of rotatable bonds is 11. The van der Waals surface area contributed by atoms with Crippen LogP contribution in [0, 0.1) is 0 Å². The number of carbonyl (C=O) groups is 1. The van der Waals surface area contributed by atoms with Crippen LogP contribution in [0.1, 0.15) is 76.3 Å². The van der Waals surface area contributed by atoms with Gasteiger partial charge >= 0.3 is 0 Å². The molecule has 0 N–H and O–H groups in total. The Kier molecular flexibility index (Phi) is 9.23. The molecule has 2 nitrogen and oxygen atoms in total. The summed E-state index contributed by atoms with van der Waals surface area (Å²) in [5.41, 5.74) is 2.64. The third-order valence-corrected chi connectivity index (χ3v) is 5.15. The van der Waals surface area contributed by atoms with Gasteiger partial charge < -0.3 is 4.90 Å². The Labute approximate surface area is 160 Å². The van der Waals surface area contributed by atoms with Gasteiger partial charge in [-0.25, -0.2) is 0 Å². The third kappa shape index (κ3) is 6.82. The zero-order valence-electron chi connectivity index (χ0n) is 16.6. The minimum atomic E-state index is 0.322. The normalized spacial score (nSPS) is 17.8. The number of carbonyl (C=O) groups excluding carboxylic acids is 1. The Balaban J connectivity index is 1.77. The quantitative estimate of drug-likeness (QED) is 0.344. The number of allylic oxidation sites excluding steroid dienone is 2. The monoisotopic (exact) mass is 353 g/mol. The van der Waals surface area contributed by atoms with E-state index < -0.39 is 0 Å². The van der Waals surface area contributed by atoms with E-state index in [1.807, 2.05) is 6.92 Å². The maximum absolute atomic E-state index is 12.1. The first-order valence-corrected chi connectivity index (χ1v) is 10.4. The molecule has 1 aliphatic heterocycles. The summed E-state index contributed by atoms with van der Waals surface area (Å²) in [4.78, 5) is 14.2. The molecule has 1 heterocycles. The van der Waals surface area contributed by atoms with E-state index in [0.717, 1.165) is 38.6 Å². The zero-order chi connectivity index (χ0) is 18.6. The molecule has 0 aliphatic carbocycles. The van der Waals surface area contributed by atoms with Gasteiger partial charge in [0.15, 0.2) is 0 Å². The van der Waals surface area contributed by atoms with Gasteiger partial charge in [0.1, 0.15) is 0 Å². The number of hydrogen-bond acceptors (Lipinski definition) is 1. The van der Waals surface area contributed by atoms with Gasteiger partial charge in [-0.2, -0.15) is 0 Å². The summed E-state index contributed by atoms with van der Waals surface area (Å²) in [5.74, 6) is 0.342. The minimum Gasteiger partial charge on any atom is -0.336 e. The van der Waals surface area contributed by atoms with Gasteiger partial charge in [0, 0.05) is 13.0 Å². The lowest BCUT2D eigenvalue weighted by molar-refractivity contribution is -0.128. The minimum absolute atomic E-state index is 0.322. The van der Waals surface area contributed by atoms with Crippen LogP contribution >= 0.6 is 0 Å². The van der Waals surface area contributed by atoms with Crippen molar-refractivity contribution in [3.8, 4) is 0 Å². The summed E-state index contributed by atoms with van der Waals surface area (Å²) < 4.78 is 0. The van der Waals surface area contributed by atoms with E-state index in [-0.39, 0.29) is 0 Å². The topological polar surface area (TPSA) is 20.3 Å². The van der Waals surface area contributed by atoms with Crippen LogP contribution in [0.3, 0.4) is 0 Å². The maximum atomic E-state index is 12.1.